The molecule has 3 aromatic heterocycles. The van der Waals surface area contributed by atoms with Crippen molar-refractivity contribution in [1.29, 1.82) is 5.26 Å². The summed E-state index contributed by atoms with van der Waals surface area (Å²) in [6.07, 6.45) is -9.50. The van der Waals surface area contributed by atoms with Gasteiger partial charge in [0.25, 0.3) is 0 Å². The van der Waals surface area contributed by atoms with E-state index in [-0.39, 0.29) is 33.4 Å². The number of halogens is 6. The fraction of sp³-hybridized carbons (Fsp3) is 0.522. The van der Waals surface area contributed by atoms with Crippen LogP contribution in [0.1, 0.15) is 63.3 Å². The van der Waals surface area contributed by atoms with Gasteiger partial charge in [0.15, 0.2) is 15.5 Å². The highest BCUT2D eigenvalue weighted by atomic mass is 32.2. The van der Waals surface area contributed by atoms with Gasteiger partial charge in [0.1, 0.15) is 27.4 Å². The number of thiazole rings is 1. The van der Waals surface area contributed by atoms with Crippen LogP contribution in [0.4, 0.5) is 26.3 Å². The van der Waals surface area contributed by atoms with Gasteiger partial charge in [-0.3, -0.25) is 0 Å². The standard InChI is InChI=1S/C23H24F6N6O4S2/c1-7-38-11(2)35-15(8-13(34-35)17(21(3,4)5)41(6,36)37)16-18(39-23(27,28)29)33-19(40-16)12-10-31-20(22(24,25)26)32-14(12)9-30/h8,10-11,17H,7H2,1-6H3. The second kappa shape index (κ2) is 11.2. The van der Waals surface area contributed by atoms with Crippen molar-refractivity contribution in [3.8, 4) is 33.1 Å². The van der Waals surface area contributed by atoms with Crippen LogP contribution in [0, 0.1) is 16.7 Å². The maximum atomic E-state index is 13.4. The maximum absolute atomic E-state index is 13.4. The van der Waals surface area contributed by atoms with Crippen LogP contribution in [0.25, 0.3) is 21.1 Å². The molecule has 0 fully saturated rings. The van der Waals surface area contributed by atoms with Crippen LogP contribution < -0.4 is 4.74 Å². The Morgan fingerprint density at radius 2 is 1.78 bits per heavy atom. The van der Waals surface area contributed by atoms with Crippen LogP contribution in [0.2, 0.25) is 0 Å². The second-order valence-electron chi connectivity index (χ2n) is 9.80. The monoisotopic (exact) mass is 626 g/mol. The smallest absolute Gasteiger partial charge is 0.386 e. The average Bonchev–Trinajstić information content (AvgIpc) is 3.39. The fourth-order valence-electron chi connectivity index (χ4n) is 4.13. The molecule has 0 spiro atoms. The summed E-state index contributed by atoms with van der Waals surface area (Å²) in [6.45, 7) is 8.31. The normalized spacial score (nSPS) is 14.5. The molecule has 3 aromatic rings. The number of hydrogen-bond donors (Lipinski definition) is 0. The van der Waals surface area contributed by atoms with Crippen molar-refractivity contribution in [2.45, 2.75) is 58.6 Å². The first-order valence-electron chi connectivity index (χ1n) is 11.7. The molecule has 2 atom stereocenters. The molecule has 0 saturated carbocycles. The van der Waals surface area contributed by atoms with Gasteiger partial charge in [-0.25, -0.2) is 28.1 Å². The van der Waals surface area contributed by atoms with E-state index in [1.165, 1.54) is 19.1 Å². The quantitative estimate of drug-likeness (QED) is 0.279. The summed E-state index contributed by atoms with van der Waals surface area (Å²) in [7, 11) is -3.79. The van der Waals surface area contributed by atoms with E-state index in [9.17, 15) is 40.0 Å². The van der Waals surface area contributed by atoms with Gasteiger partial charge in [-0.05, 0) is 25.3 Å². The molecule has 0 aliphatic heterocycles. The Morgan fingerprint density at radius 1 is 1.15 bits per heavy atom. The van der Waals surface area contributed by atoms with E-state index in [0.29, 0.717) is 17.5 Å². The Balaban J connectivity index is 2.34. The van der Waals surface area contributed by atoms with Gasteiger partial charge < -0.3 is 9.47 Å². The lowest BCUT2D eigenvalue weighted by Crippen LogP contribution is -2.26. The molecule has 0 radical (unpaired) electrons. The highest BCUT2D eigenvalue weighted by Crippen LogP contribution is 2.46. The maximum Gasteiger partial charge on any atom is 0.574 e. The van der Waals surface area contributed by atoms with E-state index in [0.717, 1.165) is 10.9 Å². The summed E-state index contributed by atoms with van der Waals surface area (Å²) in [5, 5.41) is 12.2. The van der Waals surface area contributed by atoms with E-state index < -0.39 is 56.7 Å². The highest BCUT2D eigenvalue weighted by molar-refractivity contribution is 7.91. The van der Waals surface area contributed by atoms with Gasteiger partial charge in [0, 0.05) is 19.1 Å². The molecule has 3 heterocycles. The summed E-state index contributed by atoms with van der Waals surface area (Å²) in [4.78, 5) is 9.86. The zero-order chi connectivity index (χ0) is 31.1. The summed E-state index contributed by atoms with van der Waals surface area (Å²) in [5.41, 5.74) is -2.12. The fourth-order valence-corrected chi connectivity index (χ4v) is 6.98. The minimum absolute atomic E-state index is 0.00467. The number of nitriles is 1. The lowest BCUT2D eigenvalue weighted by Gasteiger charge is -2.27. The zero-order valence-corrected chi connectivity index (χ0v) is 24.1. The number of alkyl halides is 6. The van der Waals surface area contributed by atoms with Crippen LogP contribution in [-0.4, -0.2) is 52.4 Å². The first-order valence-corrected chi connectivity index (χ1v) is 14.5. The lowest BCUT2D eigenvalue weighted by molar-refractivity contribution is -0.275. The van der Waals surface area contributed by atoms with Crippen LogP contribution in [0.15, 0.2) is 12.3 Å². The van der Waals surface area contributed by atoms with Crippen molar-refractivity contribution < 1.29 is 44.2 Å². The number of ether oxygens (including phenoxy) is 2. The molecule has 18 heteroatoms. The molecule has 224 valence electrons. The third kappa shape index (κ3) is 7.32. The molecule has 0 aliphatic carbocycles. The van der Waals surface area contributed by atoms with Gasteiger partial charge in [-0.1, -0.05) is 20.8 Å². The van der Waals surface area contributed by atoms with Crippen molar-refractivity contribution in [2.75, 3.05) is 12.9 Å². The second-order valence-corrected chi connectivity index (χ2v) is 12.9. The van der Waals surface area contributed by atoms with Crippen molar-refractivity contribution in [3.05, 3.63) is 29.5 Å². The first kappa shape index (κ1) is 32.2. The summed E-state index contributed by atoms with van der Waals surface area (Å²) >= 11 is 0.525. The van der Waals surface area contributed by atoms with Gasteiger partial charge in [-0.15, -0.1) is 24.5 Å². The Labute approximate surface area is 234 Å². The molecule has 10 nitrogen and oxygen atoms in total. The average molecular weight is 627 g/mol. The van der Waals surface area contributed by atoms with Gasteiger partial charge in [-0.2, -0.15) is 23.5 Å². The number of aromatic nitrogens is 5. The van der Waals surface area contributed by atoms with Crippen LogP contribution in [0.3, 0.4) is 0 Å². The lowest BCUT2D eigenvalue weighted by atomic mass is 9.90. The summed E-state index contributed by atoms with van der Waals surface area (Å²) in [5.74, 6) is -2.63. The minimum atomic E-state index is -5.24. The summed E-state index contributed by atoms with van der Waals surface area (Å²) < 4.78 is 116. The topological polar surface area (TPSA) is 133 Å². The molecule has 0 bridgehead atoms. The third-order valence-corrected chi connectivity index (χ3v) is 8.31. The van der Waals surface area contributed by atoms with Crippen molar-refractivity contribution in [1.82, 2.24) is 24.7 Å². The van der Waals surface area contributed by atoms with Crippen molar-refractivity contribution in [2.24, 2.45) is 5.41 Å². The van der Waals surface area contributed by atoms with E-state index in [1.807, 2.05) is 0 Å². The molecule has 0 amide bonds. The predicted molar refractivity (Wildman–Crippen MR) is 134 cm³/mol. The molecule has 0 aromatic carbocycles. The van der Waals surface area contributed by atoms with Gasteiger partial charge in [0.05, 0.1) is 17.0 Å². The Morgan fingerprint density at radius 3 is 2.27 bits per heavy atom. The van der Waals surface area contributed by atoms with Gasteiger partial charge in [0.2, 0.25) is 11.7 Å². The zero-order valence-electron chi connectivity index (χ0n) is 22.4. The third-order valence-electron chi connectivity index (χ3n) is 5.41. The van der Waals surface area contributed by atoms with Crippen molar-refractivity contribution in [3.63, 3.8) is 0 Å². The van der Waals surface area contributed by atoms with Crippen LogP contribution in [0.5, 0.6) is 5.88 Å². The van der Waals surface area contributed by atoms with Crippen LogP contribution in [-0.2, 0) is 20.8 Å². The molecular formula is C23H24F6N6O4S2. The Bertz CT molecular complexity index is 1570. The van der Waals surface area contributed by atoms with E-state index in [4.69, 9.17) is 4.74 Å². The largest absolute Gasteiger partial charge is 0.574 e. The van der Waals surface area contributed by atoms with E-state index in [1.54, 1.807) is 27.7 Å². The molecule has 0 saturated heterocycles. The first-order chi connectivity index (χ1) is 18.7. The molecule has 41 heavy (non-hydrogen) atoms. The molecule has 3 rings (SSSR count). The molecule has 0 N–H and O–H groups in total. The Kier molecular flexibility index (Phi) is 8.78. The number of rotatable bonds is 8. The predicted octanol–water partition coefficient (Wildman–Crippen LogP) is 5.94. The number of nitrogens with zero attached hydrogens (tertiary/aromatic N) is 6. The number of hydrogen-bond acceptors (Lipinski definition) is 10. The highest BCUT2D eigenvalue weighted by Gasteiger charge is 2.40. The summed E-state index contributed by atoms with van der Waals surface area (Å²) in [6, 6.07) is 2.74. The Hall–Kier alpha value is -3.30. The van der Waals surface area contributed by atoms with Crippen molar-refractivity contribution >= 4 is 21.2 Å². The van der Waals surface area contributed by atoms with Gasteiger partial charge >= 0.3 is 12.5 Å². The van der Waals surface area contributed by atoms with E-state index in [2.05, 4.69) is 24.8 Å². The number of sulfone groups is 1. The molecule has 0 aliphatic rings. The molecular weight excluding hydrogens is 602 g/mol. The SMILES string of the molecule is CCOC(C)n1nc(C(C(C)(C)C)S(C)(=O)=O)cc1-c1sc(-c2cnc(C(F)(F)F)nc2C#N)nc1OC(F)(F)F. The molecule has 2 unspecified atom stereocenters. The van der Waals surface area contributed by atoms with Crippen LogP contribution >= 0.6 is 11.3 Å². The van der Waals surface area contributed by atoms with E-state index >= 15 is 0 Å². The minimum Gasteiger partial charge on any atom is -0.386 e.